The minimum absolute atomic E-state index is 0.480. The number of rotatable bonds is 5. The zero-order valence-electron chi connectivity index (χ0n) is 8.53. The van der Waals surface area contributed by atoms with Gasteiger partial charge in [-0.2, -0.15) is 0 Å². The van der Waals surface area contributed by atoms with Gasteiger partial charge in [0.2, 0.25) is 0 Å². The van der Waals surface area contributed by atoms with E-state index in [0.29, 0.717) is 5.92 Å². The van der Waals surface area contributed by atoms with E-state index in [1.807, 2.05) is 6.21 Å². The lowest BCUT2D eigenvalue weighted by Gasteiger charge is -2.03. The summed E-state index contributed by atoms with van der Waals surface area (Å²) in [6.45, 7) is 8.72. The van der Waals surface area contributed by atoms with Gasteiger partial charge in [0.05, 0.1) is 0 Å². The van der Waals surface area contributed by atoms with Gasteiger partial charge in [-0.25, -0.2) is 0 Å². The first-order valence-corrected chi connectivity index (χ1v) is 4.89. The molecule has 2 nitrogen and oxygen atoms in total. The molecule has 0 heterocycles. The Kier molecular flexibility index (Phi) is 3.87. The average molecular weight is 178 g/mol. The average Bonchev–Trinajstić information content (AvgIpc) is 2.86. The van der Waals surface area contributed by atoms with E-state index in [2.05, 4.69) is 30.5 Å². The predicted octanol–water partition coefficient (Wildman–Crippen LogP) is 2.71. The van der Waals surface area contributed by atoms with Crippen molar-refractivity contribution in [3.8, 4) is 0 Å². The molecule has 1 aliphatic rings. The molecule has 0 unspecified atom stereocenters. The van der Waals surface area contributed by atoms with Crippen molar-refractivity contribution in [3.05, 3.63) is 11.8 Å². The maximum absolute atomic E-state index is 4.39. The summed E-state index contributed by atoms with van der Waals surface area (Å²) in [4.78, 5) is 8.16. The fraction of sp³-hybridized carbons (Fsp3) is 0.636. The summed E-state index contributed by atoms with van der Waals surface area (Å²) in [6, 6.07) is 0. The maximum Gasteiger partial charge on any atom is 0.0417 e. The van der Waals surface area contributed by atoms with Gasteiger partial charge in [0.25, 0.3) is 0 Å². The summed E-state index contributed by atoms with van der Waals surface area (Å²) in [5.74, 6) is 1.34. The van der Waals surface area contributed by atoms with Crippen LogP contribution in [0.1, 0.15) is 26.7 Å². The normalized spacial score (nSPS) is 18.5. The molecule has 2 heteroatoms. The van der Waals surface area contributed by atoms with E-state index >= 15 is 0 Å². The van der Waals surface area contributed by atoms with Crippen molar-refractivity contribution >= 4 is 12.9 Å². The largest absolute Gasteiger partial charge is 0.293 e. The summed E-state index contributed by atoms with van der Waals surface area (Å²) < 4.78 is 0. The second kappa shape index (κ2) is 4.95. The lowest BCUT2D eigenvalue weighted by atomic mass is 10.1. The third-order valence-electron chi connectivity index (χ3n) is 2.21. The van der Waals surface area contributed by atoms with Crippen molar-refractivity contribution in [2.45, 2.75) is 26.7 Å². The monoisotopic (exact) mass is 178 g/mol. The van der Waals surface area contributed by atoms with E-state index in [9.17, 15) is 0 Å². The first-order chi connectivity index (χ1) is 6.24. The molecule has 13 heavy (non-hydrogen) atoms. The maximum atomic E-state index is 4.39. The molecule has 0 radical (unpaired) electrons. The zero-order valence-corrected chi connectivity index (χ0v) is 8.53. The molecule has 0 spiro atoms. The Morgan fingerprint density at radius 1 is 1.54 bits per heavy atom. The van der Waals surface area contributed by atoms with Crippen LogP contribution in [-0.2, 0) is 0 Å². The van der Waals surface area contributed by atoms with Crippen LogP contribution >= 0.6 is 0 Å². The van der Waals surface area contributed by atoms with Gasteiger partial charge in [0.15, 0.2) is 0 Å². The first-order valence-electron chi connectivity index (χ1n) is 4.89. The fourth-order valence-corrected chi connectivity index (χ4v) is 1.04. The van der Waals surface area contributed by atoms with Crippen molar-refractivity contribution in [2.24, 2.45) is 21.8 Å². The van der Waals surface area contributed by atoms with Crippen LogP contribution in [-0.4, -0.2) is 19.5 Å². The van der Waals surface area contributed by atoms with Gasteiger partial charge >= 0.3 is 0 Å². The summed E-state index contributed by atoms with van der Waals surface area (Å²) in [6.07, 6.45) is 6.45. The Bertz CT molecular complexity index is 222. The van der Waals surface area contributed by atoms with E-state index < -0.39 is 0 Å². The van der Waals surface area contributed by atoms with Crippen molar-refractivity contribution in [1.29, 1.82) is 0 Å². The van der Waals surface area contributed by atoms with E-state index in [-0.39, 0.29) is 0 Å². The van der Waals surface area contributed by atoms with E-state index in [1.54, 1.807) is 6.20 Å². The molecule has 0 atom stereocenters. The molecular weight excluding hydrogens is 160 g/mol. The van der Waals surface area contributed by atoms with Crippen molar-refractivity contribution in [3.63, 3.8) is 0 Å². The minimum atomic E-state index is 0.480. The first kappa shape index (κ1) is 10.2. The highest BCUT2D eigenvalue weighted by Gasteiger charge is 2.19. The molecule has 1 aliphatic carbocycles. The van der Waals surface area contributed by atoms with Gasteiger partial charge in [0.1, 0.15) is 0 Å². The summed E-state index contributed by atoms with van der Waals surface area (Å²) in [5.41, 5.74) is 1.16. The lowest BCUT2D eigenvalue weighted by molar-refractivity contribution is 0.797. The Hall–Kier alpha value is -0.920. The van der Waals surface area contributed by atoms with E-state index in [4.69, 9.17) is 0 Å². The van der Waals surface area contributed by atoms with Gasteiger partial charge < -0.3 is 0 Å². The molecule has 0 aliphatic heterocycles. The third-order valence-corrected chi connectivity index (χ3v) is 2.21. The highest BCUT2D eigenvalue weighted by molar-refractivity contribution is 5.79. The van der Waals surface area contributed by atoms with Gasteiger partial charge in [-0.15, -0.1) is 0 Å². The lowest BCUT2D eigenvalue weighted by Crippen LogP contribution is -1.96. The van der Waals surface area contributed by atoms with Crippen LogP contribution in [0, 0.1) is 11.8 Å². The van der Waals surface area contributed by atoms with Crippen LogP contribution < -0.4 is 0 Å². The molecule has 0 aromatic carbocycles. The number of hydrogen-bond acceptors (Lipinski definition) is 2. The quantitative estimate of drug-likeness (QED) is 0.578. The standard InChI is InChI=1S/C11H18N2/c1-9(2)11(7-12-3)8-13-6-10-4-5-10/h7-10H,3-6H2,1-2H3/b11-7+,13-8-. The Morgan fingerprint density at radius 2 is 2.23 bits per heavy atom. The van der Waals surface area contributed by atoms with Crippen LogP contribution in [0.4, 0.5) is 0 Å². The molecule has 0 N–H and O–H groups in total. The van der Waals surface area contributed by atoms with Crippen LogP contribution in [0.25, 0.3) is 0 Å². The topological polar surface area (TPSA) is 24.7 Å². The Balaban J connectivity index is 2.40. The van der Waals surface area contributed by atoms with Crippen LogP contribution in [0.3, 0.4) is 0 Å². The zero-order chi connectivity index (χ0) is 9.68. The van der Waals surface area contributed by atoms with Crippen molar-refractivity contribution < 1.29 is 0 Å². The molecule has 0 aromatic rings. The van der Waals surface area contributed by atoms with Crippen LogP contribution in [0.2, 0.25) is 0 Å². The summed E-state index contributed by atoms with van der Waals surface area (Å²) >= 11 is 0. The molecule has 1 rings (SSSR count). The molecule has 0 amide bonds. The number of allylic oxidation sites excluding steroid dienone is 1. The van der Waals surface area contributed by atoms with E-state index in [1.165, 1.54) is 12.8 Å². The van der Waals surface area contributed by atoms with Gasteiger partial charge in [0, 0.05) is 19.0 Å². The molecule has 1 fully saturated rings. The Morgan fingerprint density at radius 3 is 2.69 bits per heavy atom. The van der Waals surface area contributed by atoms with Gasteiger partial charge in [-0.1, -0.05) is 13.8 Å². The smallest absolute Gasteiger partial charge is 0.0417 e. The van der Waals surface area contributed by atoms with Crippen molar-refractivity contribution in [2.75, 3.05) is 6.54 Å². The predicted molar refractivity (Wildman–Crippen MR) is 58.6 cm³/mol. The highest BCUT2D eigenvalue weighted by Crippen LogP contribution is 2.28. The number of nitrogens with zero attached hydrogens (tertiary/aromatic N) is 2. The second-order valence-electron chi connectivity index (χ2n) is 3.90. The molecule has 72 valence electrons. The highest BCUT2D eigenvalue weighted by atomic mass is 14.7. The Labute approximate surface area is 80.5 Å². The summed E-state index contributed by atoms with van der Waals surface area (Å²) in [7, 11) is 0. The van der Waals surface area contributed by atoms with E-state index in [0.717, 1.165) is 18.0 Å². The SMILES string of the molecule is C=N/C=C(\C=N/CC1CC1)C(C)C. The fourth-order valence-electron chi connectivity index (χ4n) is 1.04. The molecular formula is C11H18N2. The number of hydrogen-bond donors (Lipinski definition) is 0. The molecule has 0 bridgehead atoms. The molecule has 0 saturated heterocycles. The molecule has 0 aromatic heterocycles. The third kappa shape index (κ3) is 4.02. The summed E-state index contributed by atoms with van der Waals surface area (Å²) in [5, 5.41) is 0. The van der Waals surface area contributed by atoms with Crippen LogP contribution in [0.15, 0.2) is 21.8 Å². The second-order valence-corrected chi connectivity index (χ2v) is 3.90. The number of aliphatic imine (C=N–C) groups is 2. The van der Waals surface area contributed by atoms with Gasteiger partial charge in [-0.3, -0.25) is 9.98 Å². The van der Waals surface area contributed by atoms with Crippen LogP contribution in [0.5, 0.6) is 0 Å². The van der Waals surface area contributed by atoms with Crippen molar-refractivity contribution in [1.82, 2.24) is 0 Å². The minimum Gasteiger partial charge on any atom is -0.293 e. The van der Waals surface area contributed by atoms with Gasteiger partial charge in [-0.05, 0) is 37.0 Å². The molecule has 1 saturated carbocycles.